The van der Waals surface area contributed by atoms with Crippen LogP contribution in [0.15, 0.2) is 30.3 Å². The molecule has 1 saturated heterocycles. The highest BCUT2D eigenvalue weighted by atomic mass is 16.1. The molecular formula is C15H21NO. The van der Waals surface area contributed by atoms with Crippen LogP contribution in [-0.2, 0) is 10.3 Å². The maximum Gasteiger partial charge on any atom is 0.144 e. The topological polar surface area (TPSA) is 20.3 Å². The molecule has 92 valence electrons. The van der Waals surface area contributed by atoms with Crippen LogP contribution in [0.4, 0.5) is 0 Å². The van der Waals surface area contributed by atoms with Gasteiger partial charge in [-0.3, -0.25) is 4.90 Å². The molecule has 17 heavy (non-hydrogen) atoms. The number of hydrogen-bond donors (Lipinski definition) is 0. The van der Waals surface area contributed by atoms with Crippen molar-refractivity contribution >= 4 is 6.29 Å². The maximum atomic E-state index is 11.7. The van der Waals surface area contributed by atoms with Crippen molar-refractivity contribution in [1.82, 2.24) is 4.90 Å². The Morgan fingerprint density at radius 2 is 1.88 bits per heavy atom. The number of aldehydes is 1. The van der Waals surface area contributed by atoms with Gasteiger partial charge >= 0.3 is 0 Å². The number of carbonyl (C=O) groups excluding carboxylic acids is 1. The Morgan fingerprint density at radius 1 is 1.29 bits per heavy atom. The number of hydrogen-bond acceptors (Lipinski definition) is 2. The largest absolute Gasteiger partial charge is 0.301 e. The van der Waals surface area contributed by atoms with E-state index in [2.05, 4.69) is 37.8 Å². The Kier molecular flexibility index (Phi) is 3.09. The normalized spacial score (nSPS) is 22.5. The van der Waals surface area contributed by atoms with Crippen LogP contribution in [0.5, 0.6) is 0 Å². The van der Waals surface area contributed by atoms with Crippen LogP contribution < -0.4 is 0 Å². The first kappa shape index (κ1) is 12.3. The summed E-state index contributed by atoms with van der Waals surface area (Å²) in [5, 5.41) is 0. The second-order valence-electron chi connectivity index (χ2n) is 5.78. The van der Waals surface area contributed by atoms with E-state index >= 15 is 0 Å². The standard InChI is InChI=1S/C15H21NO/c1-4-15(12-17,13-8-6-5-7-9-13)16-10-14(2,3)11-16/h5-9,12H,4,10-11H2,1-3H3. The minimum Gasteiger partial charge on any atom is -0.301 e. The smallest absolute Gasteiger partial charge is 0.144 e. The molecule has 0 aromatic heterocycles. The Labute approximate surface area is 104 Å². The number of nitrogens with zero attached hydrogens (tertiary/aromatic N) is 1. The van der Waals surface area contributed by atoms with Gasteiger partial charge in [0, 0.05) is 13.1 Å². The van der Waals surface area contributed by atoms with Crippen molar-refractivity contribution in [1.29, 1.82) is 0 Å². The lowest BCUT2D eigenvalue weighted by Gasteiger charge is -2.54. The second-order valence-corrected chi connectivity index (χ2v) is 5.78. The van der Waals surface area contributed by atoms with Crippen LogP contribution in [0.2, 0.25) is 0 Å². The van der Waals surface area contributed by atoms with E-state index in [9.17, 15) is 4.79 Å². The van der Waals surface area contributed by atoms with Crippen LogP contribution in [0.3, 0.4) is 0 Å². The average Bonchev–Trinajstić information content (AvgIpc) is 2.30. The van der Waals surface area contributed by atoms with E-state index in [0.717, 1.165) is 31.4 Å². The number of likely N-dealkylation sites (tertiary alicyclic amines) is 1. The van der Waals surface area contributed by atoms with Crippen molar-refractivity contribution in [2.75, 3.05) is 13.1 Å². The maximum absolute atomic E-state index is 11.7. The summed E-state index contributed by atoms with van der Waals surface area (Å²) in [6.45, 7) is 8.58. The summed E-state index contributed by atoms with van der Waals surface area (Å²) < 4.78 is 0. The van der Waals surface area contributed by atoms with Crippen LogP contribution in [0.25, 0.3) is 0 Å². The molecule has 0 radical (unpaired) electrons. The third-order valence-electron chi connectivity index (χ3n) is 3.81. The molecule has 1 atom stereocenters. The van der Waals surface area contributed by atoms with E-state index in [1.807, 2.05) is 18.2 Å². The van der Waals surface area contributed by atoms with Crippen LogP contribution >= 0.6 is 0 Å². The highest BCUT2D eigenvalue weighted by Crippen LogP contribution is 2.40. The molecule has 1 aliphatic rings. The molecule has 1 heterocycles. The van der Waals surface area contributed by atoms with Crippen molar-refractivity contribution in [3.05, 3.63) is 35.9 Å². The van der Waals surface area contributed by atoms with Gasteiger partial charge in [-0.2, -0.15) is 0 Å². The summed E-state index contributed by atoms with van der Waals surface area (Å²) >= 11 is 0. The fourth-order valence-corrected chi connectivity index (χ4v) is 2.83. The number of rotatable bonds is 4. The van der Waals surface area contributed by atoms with Crippen molar-refractivity contribution in [2.24, 2.45) is 5.41 Å². The lowest BCUT2D eigenvalue weighted by Crippen LogP contribution is -2.62. The molecule has 0 spiro atoms. The van der Waals surface area contributed by atoms with Crippen molar-refractivity contribution in [3.63, 3.8) is 0 Å². The molecule has 2 heteroatoms. The van der Waals surface area contributed by atoms with Gasteiger partial charge < -0.3 is 4.79 Å². The second kappa shape index (κ2) is 4.26. The van der Waals surface area contributed by atoms with Gasteiger partial charge in [-0.25, -0.2) is 0 Å². The first-order valence-electron chi connectivity index (χ1n) is 6.31. The van der Waals surface area contributed by atoms with Crippen molar-refractivity contribution < 1.29 is 4.79 Å². The molecule has 1 unspecified atom stereocenters. The van der Waals surface area contributed by atoms with Gasteiger partial charge in [0.25, 0.3) is 0 Å². The first-order chi connectivity index (χ1) is 8.04. The molecule has 1 aliphatic heterocycles. The average molecular weight is 231 g/mol. The molecule has 2 rings (SSSR count). The molecule has 1 fully saturated rings. The molecule has 0 bridgehead atoms. The Hall–Kier alpha value is -1.15. The summed E-state index contributed by atoms with van der Waals surface area (Å²) in [5.74, 6) is 0. The quantitative estimate of drug-likeness (QED) is 0.743. The van der Waals surface area contributed by atoms with E-state index < -0.39 is 5.54 Å². The molecule has 0 aliphatic carbocycles. The monoisotopic (exact) mass is 231 g/mol. The molecule has 1 aromatic carbocycles. The lowest BCUT2D eigenvalue weighted by molar-refractivity contribution is -0.130. The molecule has 1 aromatic rings. The van der Waals surface area contributed by atoms with Gasteiger partial charge in [-0.05, 0) is 17.4 Å². The summed E-state index contributed by atoms with van der Waals surface area (Å²) in [4.78, 5) is 14.0. The number of carbonyl (C=O) groups is 1. The van der Waals surface area contributed by atoms with Gasteiger partial charge in [0.15, 0.2) is 0 Å². The predicted octanol–water partition coefficient (Wildman–Crippen LogP) is 2.83. The molecule has 2 nitrogen and oxygen atoms in total. The minimum absolute atomic E-state index is 0.345. The first-order valence-corrected chi connectivity index (χ1v) is 6.31. The Bertz CT molecular complexity index is 391. The summed E-state index contributed by atoms with van der Waals surface area (Å²) in [6.07, 6.45) is 1.95. The molecule has 0 amide bonds. The van der Waals surface area contributed by atoms with E-state index in [0.29, 0.717) is 5.41 Å². The zero-order valence-corrected chi connectivity index (χ0v) is 10.9. The van der Waals surface area contributed by atoms with Crippen molar-refractivity contribution in [2.45, 2.75) is 32.7 Å². The predicted molar refractivity (Wildman–Crippen MR) is 69.8 cm³/mol. The third-order valence-corrected chi connectivity index (χ3v) is 3.81. The molecular weight excluding hydrogens is 210 g/mol. The Morgan fingerprint density at radius 3 is 2.29 bits per heavy atom. The van der Waals surface area contributed by atoms with Gasteiger partial charge in [0.2, 0.25) is 0 Å². The van der Waals surface area contributed by atoms with Gasteiger partial charge in [0.1, 0.15) is 11.8 Å². The summed E-state index contributed by atoms with van der Waals surface area (Å²) in [6, 6.07) is 10.1. The third kappa shape index (κ3) is 2.02. The van der Waals surface area contributed by atoms with E-state index in [-0.39, 0.29) is 0 Å². The van der Waals surface area contributed by atoms with E-state index in [1.54, 1.807) is 0 Å². The zero-order chi connectivity index (χ0) is 12.5. The molecule has 0 N–H and O–H groups in total. The van der Waals surface area contributed by atoms with Crippen LogP contribution in [-0.4, -0.2) is 24.3 Å². The zero-order valence-electron chi connectivity index (χ0n) is 10.9. The minimum atomic E-state index is -0.420. The van der Waals surface area contributed by atoms with E-state index in [1.165, 1.54) is 0 Å². The fourth-order valence-electron chi connectivity index (χ4n) is 2.83. The lowest BCUT2D eigenvalue weighted by atomic mass is 9.76. The van der Waals surface area contributed by atoms with Crippen molar-refractivity contribution in [3.8, 4) is 0 Å². The summed E-state index contributed by atoms with van der Waals surface area (Å²) in [7, 11) is 0. The highest BCUT2D eigenvalue weighted by Gasteiger charge is 2.46. The van der Waals surface area contributed by atoms with Gasteiger partial charge in [0.05, 0.1) is 0 Å². The summed E-state index contributed by atoms with van der Waals surface area (Å²) in [5.41, 5.74) is 1.04. The molecule has 0 saturated carbocycles. The van der Waals surface area contributed by atoms with E-state index in [4.69, 9.17) is 0 Å². The Balaban J connectivity index is 2.31. The van der Waals surface area contributed by atoms with Gasteiger partial charge in [-0.1, -0.05) is 51.1 Å². The van der Waals surface area contributed by atoms with Gasteiger partial charge in [-0.15, -0.1) is 0 Å². The van der Waals surface area contributed by atoms with Crippen LogP contribution in [0, 0.1) is 5.41 Å². The van der Waals surface area contributed by atoms with Crippen LogP contribution in [0.1, 0.15) is 32.8 Å². The highest BCUT2D eigenvalue weighted by molar-refractivity contribution is 5.68. The fraction of sp³-hybridized carbons (Fsp3) is 0.533. The number of benzene rings is 1. The SMILES string of the molecule is CCC(C=O)(c1ccccc1)N1CC(C)(C)C1.